The first-order valence-electron chi connectivity index (χ1n) is 11.9. The Bertz CT molecular complexity index is 1490. The number of benzene rings is 3. The van der Waals surface area contributed by atoms with Crippen LogP contribution < -0.4 is 5.32 Å². The third-order valence-electron chi connectivity index (χ3n) is 6.89. The van der Waals surface area contributed by atoms with E-state index < -0.39 is 0 Å². The quantitative estimate of drug-likeness (QED) is 0.355. The van der Waals surface area contributed by atoms with Crippen LogP contribution in [0.4, 0.5) is 5.13 Å². The number of carbonyl (C=O) groups excluding carboxylic acids is 3. The van der Waals surface area contributed by atoms with Gasteiger partial charge in [0.25, 0.3) is 17.7 Å². The first kappa shape index (κ1) is 21.7. The zero-order chi connectivity index (χ0) is 23.9. The Morgan fingerprint density at radius 3 is 2.49 bits per heavy atom. The third kappa shape index (κ3) is 3.91. The molecule has 1 aromatic heterocycles. The first-order valence-corrected chi connectivity index (χ1v) is 12.7. The van der Waals surface area contributed by atoms with Gasteiger partial charge in [-0.25, -0.2) is 4.98 Å². The number of nitrogens with zero attached hydrogens (tertiary/aromatic N) is 2. The van der Waals surface area contributed by atoms with Crippen LogP contribution in [0.5, 0.6) is 0 Å². The zero-order valence-electron chi connectivity index (χ0n) is 19.0. The van der Waals surface area contributed by atoms with E-state index in [1.807, 2.05) is 23.6 Å². The minimum atomic E-state index is -0.358. The molecule has 0 atom stereocenters. The van der Waals surface area contributed by atoms with Crippen LogP contribution in [0.3, 0.4) is 0 Å². The van der Waals surface area contributed by atoms with Crippen LogP contribution in [0.15, 0.2) is 66.0 Å². The average Bonchev–Trinajstić information content (AvgIpc) is 3.46. The standard InChI is InChI=1S/C28H23N3O3S/c32-25(30-28-29-24(16-35-28)19-11-10-17-6-4-5-7-18(17)14-19)20-12-13-22-23(15-20)27(34)31(26(22)33)21-8-2-1-3-9-21/h4-7,10-16,21H,1-3,8-9H2,(H,29,30,32). The average molecular weight is 482 g/mol. The van der Waals surface area contributed by atoms with E-state index in [2.05, 4.69) is 34.6 Å². The van der Waals surface area contributed by atoms with Gasteiger partial charge in [0.1, 0.15) is 0 Å². The summed E-state index contributed by atoms with van der Waals surface area (Å²) >= 11 is 1.35. The van der Waals surface area contributed by atoms with E-state index in [4.69, 9.17) is 0 Å². The summed E-state index contributed by atoms with van der Waals surface area (Å²) in [6, 6.07) is 19.0. The SMILES string of the molecule is O=C(Nc1nc(-c2ccc3ccccc3c2)cs1)c1ccc2c(c1)C(=O)N(C1CCCCC1)C2=O. The second-order valence-electron chi connectivity index (χ2n) is 9.09. The molecule has 1 aliphatic carbocycles. The molecule has 3 aromatic carbocycles. The molecule has 1 aliphatic heterocycles. The Balaban J connectivity index is 1.20. The van der Waals surface area contributed by atoms with Crippen molar-refractivity contribution in [2.45, 2.75) is 38.1 Å². The van der Waals surface area contributed by atoms with Gasteiger partial charge in [-0.05, 0) is 47.9 Å². The summed E-state index contributed by atoms with van der Waals surface area (Å²) in [5.41, 5.74) is 2.78. The fraction of sp³-hybridized carbons (Fsp3) is 0.214. The fourth-order valence-electron chi connectivity index (χ4n) is 5.05. The van der Waals surface area contributed by atoms with Crippen molar-refractivity contribution in [1.29, 1.82) is 0 Å². The number of thiazole rings is 1. The van der Waals surface area contributed by atoms with Crippen LogP contribution in [0.1, 0.15) is 63.2 Å². The summed E-state index contributed by atoms with van der Waals surface area (Å²) in [6.45, 7) is 0. The van der Waals surface area contributed by atoms with Gasteiger partial charge in [0, 0.05) is 22.5 Å². The molecule has 35 heavy (non-hydrogen) atoms. The summed E-state index contributed by atoms with van der Waals surface area (Å²) in [6.07, 6.45) is 4.90. The molecule has 174 valence electrons. The van der Waals surface area contributed by atoms with Gasteiger partial charge in [0.15, 0.2) is 5.13 Å². The second-order valence-corrected chi connectivity index (χ2v) is 9.94. The maximum absolute atomic E-state index is 13.1. The molecule has 2 aliphatic rings. The number of fused-ring (bicyclic) bond motifs is 2. The van der Waals surface area contributed by atoms with Crippen molar-refractivity contribution in [2.24, 2.45) is 0 Å². The molecule has 1 fully saturated rings. The number of anilines is 1. The summed E-state index contributed by atoms with van der Waals surface area (Å²) in [7, 11) is 0. The van der Waals surface area contributed by atoms with E-state index in [1.54, 1.807) is 12.1 Å². The summed E-state index contributed by atoms with van der Waals surface area (Å²) < 4.78 is 0. The first-order chi connectivity index (χ1) is 17.1. The minimum Gasteiger partial charge on any atom is -0.298 e. The third-order valence-corrected chi connectivity index (χ3v) is 7.65. The number of hydrogen-bond acceptors (Lipinski definition) is 5. The maximum Gasteiger partial charge on any atom is 0.261 e. The highest BCUT2D eigenvalue weighted by molar-refractivity contribution is 7.14. The largest absolute Gasteiger partial charge is 0.298 e. The van der Waals surface area contributed by atoms with Gasteiger partial charge in [-0.2, -0.15) is 0 Å². The molecule has 0 bridgehead atoms. The van der Waals surface area contributed by atoms with Gasteiger partial charge in [-0.3, -0.25) is 24.6 Å². The Morgan fingerprint density at radius 2 is 1.66 bits per heavy atom. The van der Waals surface area contributed by atoms with Crippen molar-refractivity contribution in [3.8, 4) is 11.3 Å². The molecule has 0 spiro atoms. The van der Waals surface area contributed by atoms with Crippen LogP contribution in [-0.4, -0.2) is 33.6 Å². The molecule has 6 nitrogen and oxygen atoms in total. The number of nitrogens with one attached hydrogen (secondary N) is 1. The lowest BCUT2D eigenvalue weighted by Gasteiger charge is -2.29. The predicted molar refractivity (Wildman–Crippen MR) is 137 cm³/mol. The van der Waals surface area contributed by atoms with Crippen molar-refractivity contribution in [3.05, 3.63) is 82.7 Å². The van der Waals surface area contributed by atoms with Crippen molar-refractivity contribution < 1.29 is 14.4 Å². The lowest BCUT2D eigenvalue weighted by molar-refractivity contribution is 0.0549. The molecule has 4 aromatic rings. The van der Waals surface area contributed by atoms with Gasteiger partial charge in [-0.15, -0.1) is 11.3 Å². The van der Waals surface area contributed by atoms with E-state index in [-0.39, 0.29) is 23.8 Å². The monoisotopic (exact) mass is 481 g/mol. The van der Waals surface area contributed by atoms with E-state index in [9.17, 15) is 14.4 Å². The van der Waals surface area contributed by atoms with Gasteiger partial charge in [0.05, 0.1) is 16.8 Å². The number of imide groups is 1. The molecule has 0 radical (unpaired) electrons. The summed E-state index contributed by atoms with van der Waals surface area (Å²) in [5, 5.41) is 7.51. The van der Waals surface area contributed by atoms with Gasteiger partial charge in [-0.1, -0.05) is 55.7 Å². The molecule has 3 amide bonds. The predicted octanol–water partition coefficient (Wildman–Crippen LogP) is 6.14. The van der Waals surface area contributed by atoms with E-state index in [0.717, 1.165) is 54.1 Å². The lowest BCUT2D eigenvalue weighted by atomic mass is 9.94. The Hall–Kier alpha value is -3.84. The van der Waals surface area contributed by atoms with Crippen LogP contribution in [0.2, 0.25) is 0 Å². The molecule has 1 saturated carbocycles. The summed E-state index contributed by atoms with van der Waals surface area (Å²) in [4.78, 5) is 44.9. The number of carbonyl (C=O) groups is 3. The molecule has 6 rings (SSSR count). The highest BCUT2D eigenvalue weighted by Gasteiger charge is 2.40. The molecular weight excluding hydrogens is 458 g/mol. The minimum absolute atomic E-state index is 0.0442. The Labute approximate surface area is 206 Å². The van der Waals surface area contributed by atoms with Crippen molar-refractivity contribution in [1.82, 2.24) is 9.88 Å². The Morgan fingerprint density at radius 1 is 0.886 bits per heavy atom. The highest BCUT2D eigenvalue weighted by atomic mass is 32.1. The van der Waals surface area contributed by atoms with Crippen molar-refractivity contribution >= 4 is 45.0 Å². The zero-order valence-corrected chi connectivity index (χ0v) is 19.8. The molecule has 2 heterocycles. The van der Waals surface area contributed by atoms with Crippen LogP contribution >= 0.6 is 11.3 Å². The lowest BCUT2D eigenvalue weighted by Crippen LogP contribution is -2.40. The Kier molecular flexibility index (Phi) is 5.41. The van der Waals surface area contributed by atoms with Crippen LogP contribution in [0.25, 0.3) is 22.0 Å². The summed E-state index contributed by atoms with van der Waals surface area (Å²) in [5.74, 6) is -0.897. The maximum atomic E-state index is 13.1. The van der Waals surface area contributed by atoms with Gasteiger partial charge >= 0.3 is 0 Å². The molecule has 0 unspecified atom stereocenters. The normalized spacial score (nSPS) is 16.1. The molecular formula is C28H23N3O3S. The number of amides is 3. The molecule has 7 heteroatoms. The van der Waals surface area contributed by atoms with E-state index in [0.29, 0.717) is 21.8 Å². The number of hydrogen-bond donors (Lipinski definition) is 1. The van der Waals surface area contributed by atoms with Crippen LogP contribution in [-0.2, 0) is 0 Å². The van der Waals surface area contributed by atoms with Crippen LogP contribution in [0, 0.1) is 0 Å². The van der Waals surface area contributed by atoms with Gasteiger partial charge < -0.3 is 0 Å². The smallest absolute Gasteiger partial charge is 0.261 e. The highest BCUT2D eigenvalue weighted by Crippen LogP contribution is 2.32. The topological polar surface area (TPSA) is 79.4 Å². The van der Waals surface area contributed by atoms with Crippen molar-refractivity contribution in [2.75, 3.05) is 5.32 Å². The fourth-order valence-corrected chi connectivity index (χ4v) is 5.77. The second kappa shape index (κ2) is 8.74. The van der Waals surface area contributed by atoms with Gasteiger partial charge in [0.2, 0.25) is 0 Å². The number of rotatable bonds is 4. The van der Waals surface area contributed by atoms with Crippen molar-refractivity contribution in [3.63, 3.8) is 0 Å². The number of aromatic nitrogens is 1. The molecule has 1 N–H and O–H groups in total. The molecule has 0 saturated heterocycles. The van der Waals surface area contributed by atoms with E-state index in [1.165, 1.54) is 22.3 Å². The van der Waals surface area contributed by atoms with E-state index >= 15 is 0 Å².